The van der Waals surface area contributed by atoms with Crippen LogP contribution >= 0.6 is 11.8 Å². The fraction of sp³-hybridized carbons (Fsp3) is 0.0556. The van der Waals surface area contributed by atoms with Crippen molar-refractivity contribution in [3.8, 4) is 11.5 Å². The molecule has 0 atom stereocenters. The molecule has 0 aliphatic carbocycles. The number of nitrogens with zero attached hydrogens (tertiary/aromatic N) is 3. The number of carbonyl (C=O) groups is 2. The van der Waals surface area contributed by atoms with Gasteiger partial charge in [0.25, 0.3) is 0 Å². The van der Waals surface area contributed by atoms with Crippen molar-refractivity contribution in [2.24, 2.45) is 15.2 Å². The number of aromatic carboxylic acids is 2. The predicted molar refractivity (Wildman–Crippen MR) is 106 cm³/mol. The molecule has 0 unspecified atom stereocenters. The first-order chi connectivity index (χ1) is 13.3. The van der Waals surface area contributed by atoms with E-state index < -0.39 is 23.4 Å². The molecule has 4 N–H and O–H groups in total. The summed E-state index contributed by atoms with van der Waals surface area (Å²) in [5.41, 5.74) is -0.152. The van der Waals surface area contributed by atoms with Gasteiger partial charge in [-0.25, -0.2) is 14.6 Å². The van der Waals surface area contributed by atoms with Crippen LogP contribution in [0.4, 0.5) is 0 Å². The van der Waals surface area contributed by atoms with Crippen LogP contribution < -0.4 is 0 Å². The van der Waals surface area contributed by atoms with Gasteiger partial charge in [0.15, 0.2) is 0 Å². The minimum absolute atomic E-state index is 0. The standard InChI is InChI=1S/C18H15N3O6S.2Cu/c1-28-18(19-8-10-4-2-6-12(14(10)22)16(24)25)21-20-9-11-5-3-7-13(15(11)23)17(26)27;;/h2-9,22-23H,1H3,(H,24,25)(H,26,27);;/b19-8+,20-9+,21-18+;;. The Labute approximate surface area is 196 Å². The van der Waals surface area contributed by atoms with E-state index in [1.54, 1.807) is 6.26 Å². The van der Waals surface area contributed by atoms with Crippen LogP contribution in [0.3, 0.4) is 0 Å². The third-order valence-electron chi connectivity index (χ3n) is 3.43. The molecule has 0 fully saturated rings. The van der Waals surface area contributed by atoms with E-state index in [0.717, 1.165) is 11.8 Å². The molecule has 30 heavy (non-hydrogen) atoms. The maximum Gasteiger partial charge on any atom is 0.339 e. The van der Waals surface area contributed by atoms with Crippen molar-refractivity contribution in [1.29, 1.82) is 0 Å². The second-order valence-electron chi connectivity index (χ2n) is 5.19. The quantitative estimate of drug-likeness (QED) is 0.202. The predicted octanol–water partition coefficient (Wildman–Crippen LogP) is 2.66. The van der Waals surface area contributed by atoms with Gasteiger partial charge in [-0.05, 0) is 30.5 Å². The molecule has 0 aliphatic heterocycles. The van der Waals surface area contributed by atoms with E-state index in [1.165, 1.54) is 48.8 Å². The number of rotatable bonds is 5. The second kappa shape index (κ2) is 12.8. The van der Waals surface area contributed by atoms with Gasteiger partial charge in [0.1, 0.15) is 22.6 Å². The molecule has 2 radical (unpaired) electrons. The number of hydrogen-bond acceptors (Lipinski definition) is 7. The molecule has 12 heteroatoms. The SMILES string of the molecule is CSC(/N=C/c1cccc(C(=O)O)c1O)=N/N=C/c1cccc(C(=O)O)c1O.[Cu].[Cu]. The van der Waals surface area contributed by atoms with Gasteiger partial charge in [-0.15, -0.1) is 5.10 Å². The van der Waals surface area contributed by atoms with Gasteiger partial charge in [-0.3, -0.25) is 0 Å². The third-order valence-corrected chi connectivity index (χ3v) is 3.98. The van der Waals surface area contributed by atoms with Crippen LogP contribution in [0.1, 0.15) is 31.8 Å². The van der Waals surface area contributed by atoms with Crippen molar-refractivity contribution in [1.82, 2.24) is 0 Å². The number of para-hydroxylation sites is 2. The van der Waals surface area contributed by atoms with Crippen LogP contribution in [0.2, 0.25) is 0 Å². The molecule has 2 aromatic rings. The normalized spacial score (nSPS) is 11.2. The summed E-state index contributed by atoms with van der Waals surface area (Å²) >= 11 is 1.14. The summed E-state index contributed by atoms with van der Waals surface area (Å²) in [5.74, 6) is -3.38. The van der Waals surface area contributed by atoms with Gasteiger partial charge in [-0.2, -0.15) is 5.10 Å². The van der Waals surface area contributed by atoms with Gasteiger partial charge >= 0.3 is 11.9 Å². The number of benzene rings is 2. The maximum absolute atomic E-state index is 11.0. The summed E-state index contributed by atoms with van der Waals surface area (Å²) in [4.78, 5) is 26.1. The Bertz CT molecular complexity index is 1010. The van der Waals surface area contributed by atoms with Crippen LogP contribution in [0.25, 0.3) is 0 Å². The average molecular weight is 528 g/mol. The van der Waals surface area contributed by atoms with Gasteiger partial charge in [0.05, 0.1) is 6.21 Å². The molecule has 0 bridgehead atoms. The first kappa shape index (κ1) is 27.4. The summed E-state index contributed by atoms with van der Waals surface area (Å²) in [6.45, 7) is 0. The Morgan fingerprint density at radius 1 is 0.867 bits per heavy atom. The molecular weight excluding hydrogens is 513 g/mol. The van der Waals surface area contributed by atoms with Crippen LogP contribution in [-0.2, 0) is 34.1 Å². The van der Waals surface area contributed by atoms with Gasteiger partial charge < -0.3 is 20.4 Å². The van der Waals surface area contributed by atoms with Crippen molar-refractivity contribution in [2.75, 3.05) is 6.26 Å². The van der Waals surface area contributed by atoms with Crippen LogP contribution in [0.5, 0.6) is 11.5 Å². The van der Waals surface area contributed by atoms with E-state index >= 15 is 0 Å². The molecule has 0 saturated heterocycles. The molecule has 0 saturated carbocycles. The van der Waals surface area contributed by atoms with Crippen molar-refractivity contribution < 1.29 is 64.2 Å². The van der Waals surface area contributed by atoms with Crippen LogP contribution in [-0.4, -0.2) is 56.2 Å². The van der Waals surface area contributed by atoms with Crippen LogP contribution in [0.15, 0.2) is 51.6 Å². The first-order valence-corrected chi connectivity index (χ1v) is 8.87. The number of carboxylic acid groups (broad SMARTS) is 2. The van der Waals surface area contributed by atoms with Crippen LogP contribution in [0, 0.1) is 0 Å². The topological polar surface area (TPSA) is 152 Å². The Morgan fingerprint density at radius 3 is 1.77 bits per heavy atom. The van der Waals surface area contributed by atoms with Crippen molar-refractivity contribution in [3.05, 3.63) is 58.7 Å². The molecule has 0 amide bonds. The Hall–Kier alpha value is -2.62. The maximum atomic E-state index is 11.0. The minimum Gasteiger partial charge on any atom is -0.506 e. The molecule has 0 aromatic heterocycles. The number of phenols is 2. The van der Waals surface area contributed by atoms with E-state index in [9.17, 15) is 19.8 Å². The Balaban J connectivity index is 0.00000420. The monoisotopic (exact) mass is 527 g/mol. The molecule has 0 aliphatic rings. The number of aliphatic imine (C=N–C) groups is 1. The summed E-state index contributed by atoms with van der Waals surface area (Å²) < 4.78 is 0. The van der Waals surface area contributed by atoms with Crippen molar-refractivity contribution in [2.45, 2.75) is 0 Å². The second-order valence-corrected chi connectivity index (χ2v) is 5.96. The zero-order valence-corrected chi connectivity index (χ0v) is 17.8. The van der Waals surface area contributed by atoms with E-state index in [0.29, 0.717) is 0 Å². The summed E-state index contributed by atoms with van der Waals surface area (Å²) in [6, 6.07) is 8.41. The average Bonchev–Trinajstić information content (AvgIpc) is 2.66. The molecule has 166 valence electrons. The smallest absolute Gasteiger partial charge is 0.339 e. The third kappa shape index (κ3) is 7.01. The van der Waals surface area contributed by atoms with E-state index in [4.69, 9.17) is 10.2 Å². The van der Waals surface area contributed by atoms with Crippen molar-refractivity contribution in [3.63, 3.8) is 0 Å². The number of aromatic hydroxyl groups is 2. The molecular formula is C18H15Cu2N3O6S. The summed E-state index contributed by atoms with van der Waals surface area (Å²) in [7, 11) is 0. The minimum atomic E-state index is -1.27. The largest absolute Gasteiger partial charge is 0.506 e. The van der Waals surface area contributed by atoms with Crippen molar-refractivity contribution >= 4 is 41.3 Å². The molecule has 2 rings (SSSR count). The van der Waals surface area contributed by atoms with E-state index in [2.05, 4.69) is 15.2 Å². The summed E-state index contributed by atoms with van der Waals surface area (Å²) in [5, 5.41) is 45.6. The zero-order valence-electron chi connectivity index (χ0n) is 15.1. The van der Waals surface area contributed by atoms with E-state index in [-0.39, 0.29) is 61.6 Å². The number of carboxylic acids is 2. The molecule has 0 heterocycles. The van der Waals surface area contributed by atoms with Gasteiger partial charge in [0.2, 0.25) is 5.17 Å². The van der Waals surface area contributed by atoms with Gasteiger partial charge in [-0.1, -0.05) is 23.9 Å². The Morgan fingerprint density at radius 2 is 1.33 bits per heavy atom. The molecule has 2 aromatic carbocycles. The number of amidine groups is 1. The fourth-order valence-corrected chi connectivity index (χ4v) is 2.35. The first-order valence-electron chi connectivity index (χ1n) is 7.64. The number of hydrogen-bond donors (Lipinski definition) is 4. The molecule has 9 nitrogen and oxygen atoms in total. The summed E-state index contributed by atoms with van der Waals surface area (Å²) in [6.07, 6.45) is 4.10. The molecule has 0 spiro atoms. The fourth-order valence-electron chi connectivity index (χ4n) is 2.06. The zero-order chi connectivity index (χ0) is 20.7. The van der Waals surface area contributed by atoms with E-state index in [1.807, 2.05) is 0 Å². The van der Waals surface area contributed by atoms with Gasteiger partial charge in [0, 0.05) is 51.5 Å². The number of thioether (sulfide) groups is 1. The Kier molecular flexibility index (Phi) is 11.7.